The molecule has 0 saturated heterocycles. The summed E-state index contributed by atoms with van der Waals surface area (Å²) in [5.41, 5.74) is -0.544. The fourth-order valence-corrected chi connectivity index (χ4v) is 2.23. The molecule has 0 bridgehead atoms. The molecule has 0 aliphatic heterocycles. The molecule has 0 spiro atoms. The monoisotopic (exact) mass is 453 g/mol. The highest BCUT2D eigenvalue weighted by Crippen LogP contribution is 2.15. The topological polar surface area (TPSA) is 81.7 Å². The number of carbonyl (C=O) groups excluding carboxylic acids is 3. The van der Waals surface area contributed by atoms with E-state index in [2.05, 4.69) is 11.9 Å². The average molecular weight is 453 g/mol. The number of hydrogen-bond acceptors (Lipinski definition) is 5. The normalized spacial score (nSPS) is 13.8. The van der Waals surface area contributed by atoms with Crippen LogP contribution in [0.25, 0.3) is 0 Å². The Bertz CT molecular complexity index is 456. The predicted molar refractivity (Wildman–Crippen MR) is 101 cm³/mol. The summed E-state index contributed by atoms with van der Waals surface area (Å²) in [7, 11) is 0. The molecule has 1 amide bonds. The minimum Gasteiger partial charge on any atom is -0.460 e. The molecule has 0 aromatic carbocycles. The van der Waals surface area contributed by atoms with Gasteiger partial charge in [-0.3, -0.25) is 9.59 Å². The molecule has 0 aliphatic rings. The zero-order valence-corrected chi connectivity index (χ0v) is 17.2. The third-order valence-electron chi connectivity index (χ3n) is 2.87. The van der Waals surface area contributed by atoms with E-state index in [1.807, 2.05) is 36.4 Å². The van der Waals surface area contributed by atoms with Gasteiger partial charge in [-0.1, -0.05) is 49.1 Å². The quantitative estimate of drug-likeness (QED) is 0.251. The van der Waals surface area contributed by atoms with Crippen LogP contribution in [0, 0.1) is 5.92 Å². The molecule has 138 valence electrons. The minimum absolute atomic E-state index is 0.101. The van der Waals surface area contributed by atoms with Crippen LogP contribution >= 0.6 is 22.6 Å². The molecular weight excluding hydrogens is 425 g/mol. The highest BCUT2D eigenvalue weighted by Gasteiger charge is 2.28. The van der Waals surface area contributed by atoms with Crippen LogP contribution in [0.3, 0.4) is 0 Å². The fraction of sp³-hybridized carbons (Fsp3) is 0.706. The van der Waals surface area contributed by atoms with E-state index in [0.29, 0.717) is 6.42 Å². The Kier molecular flexibility index (Phi) is 10.2. The van der Waals surface area contributed by atoms with Gasteiger partial charge in [-0.25, -0.2) is 4.79 Å². The number of rotatable bonds is 9. The Morgan fingerprint density at radius 1 is 1.25 bits per heavy atom. The SMILES string of the molecule is C=CCOC(=O)[C@@H](NC(=O)[C@@H](I)CCC(=O)OC(C)(C)C)C(C)C. The first-order chi connectivity index (χ1) is 11.0. The maximum atomic E-state index is 12.2. The minimum atomic E-state index is -0.726. The maximum Gasteiger partial charge on any atom is 0.329 e. The van der Waals surface area contributed by atoms with Gasteiger partial charge in [0.15, 0.2) is 0 Å². The van der Waals surface area contributed by atoms with Crippen molar-refractivity contribution in [2.24, 2.45) is 5.92 Å². The van der Waals surface area contributed by atoms with Gasteiger partial charge in [-0.05, 0) is 33.1 Å². The van der Waals surface area contributed by atoms with Crippen LogP contribution in [0.15, 0.2) is 12.7 Å². The Balaban J connectivity index is 4.51. The lowest BCUT2D eigenvalue weighted by Gasteiger charge is -2.22. The molecule has 0 heterocycles. The second-order valence-corrected chi connectivity index (χ2v) is 8.25. The van der Waals surface area contributed by atoms with Crippen molar-refractivity contribution in [1.82, 2.24) is 5.32 Å². The highest BCUT2D eigenvalue weighted by atomic mass is 127. The molecule has 0 aromatic heterocycles. The molecule has 0 fully saturated rings. The van der Waals surface area contributed by atoms with Crippen LogP contribution in [0.2, 0.25) is 0 Å². The van der Waals surface area contributed by atoms with E-state index >= 15 is 0 Å². The van der Waals surface area contributed by atoms with Crippen molar-refractivity contribution in [2.45, 2.75) is 63.0 Å². The molecule has 2 atom stereocenters. The average Bonchev–Trinajstić information content (AvgIpc) is 2.45. The molecule has 0 rings (SSSR count). The Hall–Kier alpha value is -1.12. The van der Waals surface area contributed by atoms with Crippen LogP contribution < -0.4 is 5.32 Å². The largest absolute Gasteiger partial charge is 0.460 e. The molecule has 7 heteroatoms. The van der Waals surface area contributed by atoms with Gasteiger partial charge >= 0.3 is 11.9 Å². The zero-order valence-electron chi connectivity index (χ0n) is 15.1. The van der Waals surface area contributed by atoms with Crippen molar-refractivity contribution in [3.05, 3.63) is 12.7 Å². The molecule has 0 saturated carbocycles. The molecule has 0 aliphatic carbocycles. The van der Waals surface area contributed by atoms with Gasteiger partial charge in [0.05, 0.1) is 3.92 Å². The Morgan fingerprint density at radius 2 is 1.83 bits per heavy atom. The molecule has 0 aromatic rings. The van der Waals surface area contributed by atoms with Gasteiger partial charge < -0.3 is 14.8 Å². The summed E-state index contributed by atoms with van der Waals surface area (Å²) in [5, 5.41) is 2.69. The van der Waals surface area contributed by atoms with Crippen LogP contribution in [-0.4, -0.2) is 40.0 Å². The predicted octanol–water partition coefficient (Wildman–Crippen LogP) is 2.78. The third kappa shape index (κ3) is 9.89. The van der Waals surface area contributed by atoms with Crippen molar-refractivity contribution in [3.63, 3.8) is 0 Å². The summed E-state index contributed by atoms with van der Waals surface area (Å²) in [6, 6.07) is -0.726. The first-order valence-electron chi connectivity index (χ1n) is 7.91. The summed E-state index contributed by atoms with van der Waals surface area (Å²) in [6.07, 6.45) is 1.96. The number of ether oxygens (including phenoxy) is 2. The van der Waals surface area contributed by atoms with Crippen LogP contribution in [0.1, 0.15) is 47.5 Å². The smallest absolute Gasteiger partial charge is 0.329 e. The summed E-state index contributed by atoms with van der Waals surface area (Å²) in [5.74, 6) is -1.24. The lowest BCUT2D eigenvalue weighted by molar-refractivity contribution is -0.155. The summed E-state index contributed by atoms with van der Waals surface area (Å²) in [6.45, 7) is 12.6. The number of halogens is 1. The molecule has 0 unspecified atom stereocenters. The van der Waals surface area contributed by atoms with Crippen molar-refractivity contribution >= 4 is 40.4 Å². The second kappa shape index (κ2) is 10.7. The molecule has 1 N–H and O–H groups in total. The van der Waals surface area contributed by atoms with E-state index in [9.17, 15) is 14.4 Å². The summed E-state index contributed by atoms with van der Waals surface area (Å²) >= 11 is 1.96. The maximum absolute atomic E-state index is 12.2. The Morgan fingerprint density at radius 3 is 2.29 bits per heavy atom. The van der Waals surface area contributed by atoms with Gasteiger partial charge in [0.25, 0.3) is 0 Å². The lowest BCUT2D eigenvalue weighted by Crippen LogP contribution is -2.47. The third-order valence-corrected chi connectivity index (χ3v) is 4.06. The highest BCUT2D eigenvalue weighted by molar-refractivity contribution is 14.1. The molecular formula is C17H28INO5. The van der Waals surface area contributed by atoms with E-state index in [1.165, 1.54) is 6.08 Å². The Labute approximate surface area is 157 Å². The van der Waals surface area contributed by atoms with Crippen molar-refractivity contribution in [2.75, 3.05) is 6.61 Å². The van der Waals surface area contributed by atoms with Crippen LogP contribution in [-0.2, 0) is 23.9 Å². The molecule has 6 nitrogen and oxygen atoms in total. The van der Waals surface area contributed by atoms with Gasteiger partial charge in [0.1, 0.15) is 18.2 Å². The van der Waals surface area contributed by atoms with Gasteiger partial charge in [-0.2, -0.15) is 0 Å². The number of alkyl halides is 1. The van der Waals surface area contributed by atoms with E-state index in [4.69, 9.17) is 9.47 Å². The van der Waals surface area contributed by atoms with E-state index in [-0.39, 0.29) is 30.8 Å². The van der Waals surface area contributed by atoms with Crippen molar-refractivity contribution in [1.29, 1.82) is 0 Å². The van der Waals surface area contributed by atoms with Crippen LogP contribution in [0.4, 0.5) is 0 Å². The zero-order chi connectivity index (χ0) is 18.9. The van der Waals surface area contributed by atoms with Gasteiger partial charge in [0, 0.05) is 6.42 Å². The number of carbonyl (C=O) groups is 3. The number of amides is 1. The van der Waals surface area contributed by atoms with Gasteiger partial charge in [-0.15, -0.1) is 0 Å². The van der Waals surface area contributed by atoms with E-state index < -0.39 is 21.5 Å². The number of esters is 2. The van der Waals surface area contributed by atoms with Crippen LogP contribution in [0.5, 0.6) is 0 Å². The first-order valence-corrected chi connectivity index (χ1v) is 9.16. The summed E-state index contributed by atoms with van der Waals surface area (Å²) < 4.78 is 9.77. The number of hydrogen-bond donors (Lipinski definition) is 1. The van der Waals surface area contributed by atoms with Crippen molar-refractivity contribution < 1.29 is 23.9 Å². The van der Waals surface area contributed by atoms with Crippen molar-refractivity contribution in [3.8, 4) is 0 Å². The number of nitrogens with one attached hydrogen (secondary N) is 1. The summed E-state index contributed by atoms with van der Waals surface area (Å²) in [4.78, 5) is 35.9. The van der Waals surface area contributed by atoms with E-state index in [1.54, 1.807) is 20.8 Å². The van der Waals surface area contributed by atoms with Gasteiger partial charge in [0.2, 0.25) is 5.91 Å². The molecule has 0 radical (unpaired) electrons. The standard InChI is InChI=1S/C17H28INO5/c1-7-10-23-16(22)14(11(2)3)19-15(21)12(18)8-9-13(20)24-17(4,5)6/h7,11-12,14H,1,8-10H2,2-6H3,(H,19,21)/t12-,14-/m0/s1. The molecule has 24 heavy (non-hydrogen) atoms. The lowest BCUT2D eigenvalue weighted by atomic mass is 10.0. The first kappa shape index (κ1) is 22.9. The fourth-order valence-electron chi connectivity index (χ4n) is 1.74. The van der Waals surface area contributed by atoms with E-state index in [0.717, 1.165) is 0 Å². The second-order valence-electron chi connectivity index (χ2n) is 6.74.